The van der Waals surface area contributed by atoms with Gasteiger partial charge in [-0.15, -0.1) is 0 Å². The van der Waals surface area contributed by atoms with Crippen LogP contribution in [0.25, 0.3) is 0 Å². The number of carbonyl (C=O) groups excluding carboxylic acids is 2. The molecule has 0 fully saturated rings. The highest BCUT2D eigenvalue weighted by Gasteiger charge is 2.22. The van der Waals surface area contributed by atoms with Crippen molar-refractivity contribution in [2.75, 3.05) is 12.4 Å². The molecule has 0 atom stereocenters. The van der Waals surface area contributed by atoms with Crippen molar-refractivity contribution in [1.82, 2.24) is 10.3 Å². The van der Waals surface area contributed by atoms with E-state index in [9.17, 15) is 18.4 Å². The fraction of sp³-hybridized carbons (Fsp3) is 0.222. The lowest BCUT2D eigenvalue weighted by Gasteiger charge is -2.11. The summed E-state index contributed by atoms with van der Waals surface area (Å²) in [5.74, 6) is -2.13. The van der Waals surface area contributed by atoms with Crippen molar-refractivity contribution >= 4 is 45.0 Å². The van der Waals surface area contributed by atoms with Gasteiger partial charge in [0.1, 0.15) is 9.76 Å². The first-order valence-corrected chi connectivity index (χ1v) is 5.71. The molecule has 98 valence electrons. The van der Waals surface area contributed by atoms with Gasteiger partial charge in [0.05, 0.1) is 11.3 Å². The van der Waals surface area contributed by atoms with Gasteiger partial charge in [0.15, 0.2) is 0 Å². The average Bonchev–Trinajstić information content (AvgIpc) is 2.30. The number of carbonyl (C=O) groups is 2. The predicted molar refractivity (Wildman–Crippen MR) is 65.0 cm³/mol. The summed E-state index contributed by atoms with van der Waals surface area (Å²) in [5, 5.41) is 4.18. The number of hydrogen-bond donors (Lipinski definition) is 2. The lowest BCUT2D eigenvalue weighted by molar-refractivity contribution is -0.126. The molecule has 5 nitrogen and oxygen atoms in total. The van der Waals surface area contributed by atoms with Crippen molar-refractivity contribution in [3.8, 4) is 0 Å². The maximum Gasteiger partial charge on any atom is 0.315 e. The van der Waals surface area contributed by atoms with Crippen LogP contribution < -0.4 is 10.6 Å². The molecule has 18 heavy (non-hydrogen) atoms. The molecule has 0 aliphatic heterocycles. The topological polar surface area (TPSA) is 71.1 Å². The van der Waals surface area contributed by atoms with E-state index in [1.165, 1.54) is 7.05 Å². The summed E-state index contributed by atoms with van der Waals surface area (Å²) in [7, 11) is 1.35. The Balaban J connectivity index is 3.24. The average molecular weight is 343 g/mol. The molecule has 2 N–H and O–H groups in total. The van der Waals surface area contributed by atoms with E-state index in [2.05, 4.69) is 26.2 Å². The van der Waals surface area contributed by atoms with Crippen molar-refractivity contribution in [2.45, 2.75) is 6.43 Å². The maximum atomic E-state index is 12.2. The van der Waals surface area contributed by atoms with Crippen molar-refractivity contribution in [1.29, 1.82) is 0 Å². The van der Waals surface area contributed by atoms with Crippen LogP contribution in [0.15, 0.2) is 10.7 Å². The van der Waals surface area contributed by atoms with Crippen LogP contribution in [0.4, 0.5) is 14.5 Å². The minimum absolute atomic E-state index is 0.0115. The van der Waals surface area contributed by atoms with Gasteiger partial charge >= 0.3 is 6.43 Å². The normalized spacial score (nSPS) is 10.3. The van der Waals surface area contributed by atoms with Crippen LogP contribution >= 0.6 is 27.5 Å². The molecule has 2 amide bonds. The number of amides is 2. The number of pyridine rings is 1. The quantitative estimate of drug-likeness (QED) is 0.826. The molecule has 1 aromatic heterocycles. The summed E-state index contributed by atoms with van der Waals surface area (Å²) < 4.78 is 24.3. The summed E-state index contributed by atoms with van der Waals surface area (Å²) in [6.07, 6.45) is -3.20. The van der Waals surface area contributed by atoms with Crippen LogP contribution in [-0.4, -0.2) is 30.3 Å². The van der Waals surface area contributed by atoms with Crippen LogP contribution in [0.2, 0.25) is 5.15 Å². The molecular formula is C9H7BrClF2N3O2. The summed E-state index contributed by atoms with van der Waals surface area (Å²) in [6, 6.07) is 1.16. The summed E-state index contributed by atoms with van der Waals surface area (Å²) in [6.45, 7) is 0. The summed E-state index contributed by atoms with van der Waals surface area (Å²) in [4.78, 5) is 26.2. The third-order valence-electron chi connectivity index (χ3n) is 1.86. The zero-order valence-corrected chi connectivity index (χ0v) is 11.3. The van der Waals surface area contributed by atoms with Crippen molar-refractivity contribution in [3.05, 3.63) is 21.4 Å². The van der Waals surface area contributed by atoms with Gasteiger partial charge in [-0.3, -0.25) is 9.59 Å². The van der Waals surface area contributed by atoms with Crippen LogP contribution in [0.3, 0.4) is 0 Å². The van der Waals surface area contributed by atoms with Gasteiger partial charge < -0.3 is 10.6 Å². The lowest BCUT2D eigenvalue weighted by Crippen LogP contribution is -2.25. The SMILES string of the molecule is CNC(=O)c1cc(Cl)nc(Br)c1NC(=O)C(F)F. The number of aromatic nitrogens is 1. The minimum Gasteiger partial charge on any atom is -0.355 e. The van der Waals surface area contributed by atoms with E-state index in [1.54, 1.807) is 0 Å². The first kappa shape index (κ1) is 14.8. The molecule has 0 unspecified atom stereocenters. The van der Waals surface area contributed by atoms with E-state index >= 15 is 0 Å². The second-order valence-corrected chi connectivity index (χ2v) is 4.17. The molecule has 0 spiro atoms. The lowest BCUT2D eigenvalue weighted by atomic mass is 10.2. The second kappa shape index (κ2) is 6.05. The number of halogens is 4. The number of rotatable bonds is 3. The molecule has 1 aromatic rings. The van der Waals surface area contributed by atoms with Gasteiger partial charge in [-0.2, -0.15) is 8.78 Å². The van der Waals surface area contributed by atoms with E-state index < -0.39 is 18.2 Å². The fourth-order valence-electron chi connectivity index (χ4n) is 1.09. The molecule has 0 radical (unpaired) electrons. The molecule has 0 aromatic carbocycles. The van der Waals surface area contributed by atoms with E-state index in [0.29, 0.717) is 0 Å². The van der Waals surface area contributed by atoms with Crippen molar-refractivity contribution in [3.63, 3.8) is 0 Å². The zero-order chi connectivity index (χ0) is 13.9. The molecule has 0 aliphatic carbocycles. The van der Waals surface area contributed by atoms with E-state index in [1.807, 2.05) is 5.32 Å². The van der Waals surface area contributed by atoms with Crippen LogP contribution in [0.5, 0.6) is 0 Å². The Morgan fingerprint density at radius 2 is 2.11 bits per heavy atom. The zero-order valence-electron chi connectivity index (χ0n) is 8.93. The third kappa shape index (κ3) is 3.36. The molecule has 1 heterocycles. The molecule has 0 saturated carbocycles. The Labute approximate surface area is 114 Å². The number of anilines is 1. The van der Waals surface area contributed by atoms with Gasteiger partial charge in [0.25, 0.3) is 11.8 Å². The Hall–Kier alpha value is -1.28. The summed E-state index contributed by atoms with van der Waals surface area (Å²) in [5.41, 5.74) is -0.234. The first-order chi connectivity index (χ1) is 8.36. The van der Waals surface area contributed by atoms with E-state index in [-0.39, 0.29) is 21.0 Å². The number of hydrogen-bond acceptors (Lipinski definition) is 3. The number of nitrogens with one attached hydrogen (secondary N) is 2. The molecule has 0 aliphatic rings. The number of alkyl halides is 2. The smallest absolute Gasteiger partial charge is 0.315 e. The van der Waals surface area contributed by atoms with Crippen LogP contribution in [0.1, 0.15) is 10.4 Å². The highest BCUT2D eigenvalue weighted by atomic mass is 79.9. The monoisotopic (exact) mass is 341 g/mol. The molecule has 0 saturated heterocycles. The van der Waals surface area contributed by atoms with Gasteiger partial charge in [-0.05, 0) is 22.0 Å². The van der Waals surface area contributed by atoms with Crippen molar-refractivity contribution in [2.24, 2.45) is 0 Å². The van der Waals surface area contributed by atoms with Crippen LogP contribution in [-0.2, 0) is 4.79 Å². The Kier molecular flexibility index (Phi) is 4.97. The first-order valence-electron chi connectivity index (χ1n) is 4.54. The maximum absolute atomic E-state index is 12.2. The molecule has 1 rings (SSSR count). The van der Waals surface area contributed by atoms with E-state index in [4.69, 9.17) is 11.6 Å². The highest BCUT2D eigenvalue weighted by Crippen LogP contribution is 2.27. The van der Waals surface area contributed by atoms with Gasteiger partial charge in [-0.1, -0.05) is 11.6 Å². The minimum atomic E-state index is -3.20. The van der Waals surface area contributed by atoms with Crippen molar-refractivity contribution < 1.29 is 18.4 Å². The second-order valence-electron chi connectivity index (χ2n) is 3.03. The summed E-state index contributed by atoms with van der Waals surface area (Å²) >= 11 is 8.58. The van der Waals surface area contributed by atoms with Gasteiger partial charge in [0, 0.05) is 7.05 Å². The molecule has 0 bridgehead atoms. The Morgan fingerprint density at radius 3 is 2.61 bits per heavy atom. The van der Waals surface area contributed by atoms with Gasteiger partial charge in [0.2, 0.25) is 0 Å². The van der Waals surface area contributed by atoms with E-state index in [0.717, 1.165) is 6.07 Å². The van der Waals surface area contributed by atoms with Gasteiger partial charge in [-0.25, -0.2) is 4.98 Å². The Morgan fingerprint density at radius 1 is 1.50 bits per heavy atom. The number of nitrogens with zero attached hydrogens (tertiary/aromatic N) is 1. The third-order valence-corrected chi connectivity index (χ3v) is 2.63. The fourth-order valence-corrected chi connectivity index (χ4v) is 1.89. The molecule has 9 heteroatoms. The molecular weight excluding hydrogens is 335 g/mol. The Bertz CT molecular complexity index is 499. The largest absolute Gasteiger partial charge is 0.355 e. The standard InChI is InChI=1S/C9H7BrClF2N3O2/c1-14-8(17)3-2-4(11)15-6(10)5(3)16-9(18)7(12)13/h2,7H,1H3,(H,14,17)(H,16,18). The van der Waals surface area contributed by atoms with Crippen LogP contribution in [0, 0.1) is 0 Å². The predicted octanol–water partition coefficient (Wildman–Crippen LogP) is 2.06. The highest BCUT2D eigenvalue weighted by molar-refractivity contribution is 9.10.